The first-order chi connectivity index (χ1) is 7.13. The van der Waals surface area contributed by atoms with Crippen molar-refractivity contribution in [1.29, 1.82) is 0 Å². The zero-order valence-electron chi connectivity index (χ0n) is 8.51. The van der Waals surface area contributed by atoms with E-state index >= 15 is 0 Å². The second-order valence-electron chi connectivity index (χ2n) is 3.16. The highest BCUT2D eigenvalue weighted by atomic mass is 32.2. The number of hydrogen-bond acceptors (Lipinski definition) is 4. The fraction of sp³-hybridized carbons (Fsp3) is 0.400. The maximum Gasteiger partial charge on any atom is 0.317 e. The lowest BCUT2D eigenvalue weighted by molar-refractivity contribution is -0.136. The van der Waals surface area contributed by atoms with Gasteiger partial charge in [-0.2, -0.15) is 0 Å². The minimum atomic E-state index is -0.791. The van der Waals surface area contributed by atoms with Crippen LogP contribution in [0.4, 0.5) is 5.69 Å². The predicted molar refractivity (Wildman–Crippen MR) is 60.8 cm³/mol. The number of hydrogen-bond donors (Lipinski definition) is 2. The molecule has 0 saturated heterocycles. The van der Waals surface area contributed by atoms with Gasteiger partial charge in [-0.1, -0.05) is 25.1 Å². The molecule has 0 fully saturated rings. The lowest BCUT2D eigenvalue weighted by Crippen LogP contribution is -2.15. The number of pyridine rings is 1. The van der Waals surface area contributed by atoms with Crippen LogP contribution in [-0.2, 0) is 4.79 Å². The number of nitrogen functional groups attached to an aromatic ring is 1. The van der Waals surface area contributed by atoms with Crippen LogP contribution in [0.5, 0.6) is 0 Å². The summed E-state index contributed by atoms with van der Waals surface area (Å²) < 4.78 is 0. The number of aliphatic carboxylic acids is 1. The second-order valence-corrected chi connectivity index (χ2v) is 4.39. The molecule has 0 aromatic carbocycles. The average molecular weight is 226 g/mol. The number of carboxylic acid groups (broad SMARTS) is 1. The fourth-order valence-corrected chi connectivity index (χ4v) is 2.11. The van der Waals surface area contributed by atoms with E-state index in [1.165, 1.54) is 18.0 Å². The lowest BCUT2D eigenvalue weighted by atomic mass is 10.2. The van der Waals surface area contributed by atoms with Gasteiger partial charge >= 0.3 is 5.97 Å². The van der Waals surface area contributed by atoms with E-state index in [0.29, 0.717) is 17.1 Å². The topological polar surface area (TPSA) is 76.2 Å². The Kier molecular flexibility index (Phi) is 4.42. The van der Waals surface area contributed by atoms with Crippen LogP contribution >= 0.6 is 11.8 Å². The van der Waals surface area contributed by atoms with Crippen molar-refractivity contribution in [3.05, 3.63) is 18.3 Å². The summed E-state index contributed by atoms with van der Waals surface area (Å²) in [7, 11) is 0. The molecular weight excluding hydrogens is 212 g/mol. The Labute approximate surface area is 92.9 Å². The Morgan fingerprint density at radius 1 is 1.67 bits per heavy atom. The third-order valence-corrected chi connectivity index (χ3v) is 3.05. The second kappa shape index (κ2) is 5.60. The summed E-state index contributed by atoms with van der Waals surface area (Å²) in [4.78, 5) is 14.9. The molecule has 1 heterocycles. The van der Waals surface area contributed by atoms with Crippen molar-refractivity contribution in [3.8, 4) is 0 Å². The Hall–Kier alpha value is -1.23. The van der Waals surface area contributed by atoms with E-state index in [1.807, 2.05) is 6.92 Å². The van der Waals surface area contributed by atoms with E-state index in [4.69, 9.17) is 10.8 Å². The first-order valence-electron chi connectivity index (χ1n) is 4.74. The zero-order valence-corrected chi connectivity index (χ0v) is 9.33. The first kappa shape index (κ1) is 11.8. The lowest BCUT2D eigenvalue weighted by Gasteiger charge is -2.09. The third kappa shape index (κ3) is 3.79. The van der Waals surface area contributed by atoms with E-state index in [-0.39, 0.29) is 0 Å². The number of nitrogens with two attached hydrogens (primary N) is 1. The molecule has 4 nitrogen and oxygen atoms in total. The quantitative estimate of drug-likeness (QED) is 0.751. The molecule has 1 atom stereocenters. The summed E-state index contributed by atoms with van der Waals surface area (Å²) in [6.07, 6.45) is 3.03. The Balaban J connectivity index is 2.65. The van der Waals surface area contributed by atoms with Gasteiger partial charge < -0.3 is 10.8 Å². The van der Waals surface area contributed by atoms with E-state index < -0.39 is 11.2 Å². The molecule has 0 bridgehead atoms. The van der Waals surface area contributed by atoms with Gasteiger partial charge in [0.1, 0.15) is 5.25 Å². The number of aromatic nitrogens is 1. The first-order valence-corrected chi connectivity index (χ1v) is 5.62. The maximum absolute atomic E-state index is 10.9. The van der Waals surface area contributed by atoms with E-state index in [0.717, 1.165) is 6.42 Å². The van der Waals surface area contributed by atoms with Gasteiger partial charge in [-0.25, -0.2) is 4.98 Å². The van der Waals surface area contributed by atoms with E-state index in [1.54, 1.807) is 12.1 Å². The van der Waals surface area contributed by atoms with Crippen LogP contribution < -0.4 is 5.73 Å². The molecule has 0 radical (unpaired) electrons. The van der Waals surface area contributed by atoms with Crippen LogP contribution in [0.1, 0.15) is 19.8 Å². The summed E-state index contributed by atoms with van der Waals surface area (Å²) in [5.41, 5.74) is 6.07. The van der Waals surface area contributed by atoms with Gasteiger partial charge in [-0.15, -0.1) is 0 Å². The van der Waals surface area contributed by atoms with Gasteiger partial charge in [0.2, 0.25) is 0 Å². The Bertz CT molecular complexity index is 327. The monoisotopic (exact) mass is 226 g/mol. The van der Waals surface area contributed by atoms with Crippen molar-refractivity contribution < 1.29 is 9.90 Å². The molecule has 0 aliphatic rings. The molecule has 0 saturated carbocycles. The van der Waals surface area contributed by atoms with Crippen LogP contribution in [-0.4, -0.2) is 21.3 Å². The van der Waals surface area contributed by atoms with Crippen molar-refractivity contribution >= 4 is 23.4 Å². The van der Waals surface area contributed by atoms with Crippen LogP contribution in [0.2, 0.25) is 0 Å². The smallest absolute Gasteiger partial charge is 0.317 e. The summed E-state index contributed by atoms with van der Waals surface area (Å²) in [5.74, 6) is -0.791. The fourth-order valence-electron chi connectivity index (χ4n) is 1.10. The third-order valence-electron chi connectivity index (χ3n) is 1.85. The van der Waals surface area contributed by atoms with Crippen LogP contribution in [0.3, 0.4) is 0 Å². The number of anilines is 1. The molecule has 1 unspecified atom stereocenters. The van der Waals surface area contributed by atoms with Crippen LogP contribution in [0.25, 0.3) is 0 Å². The molecule has 0 spiro atoms. The van der Waals surface area contributed by atoms with E-state index in [2.05, 4.69) is 4.98 Å². The highest BCUT2D eigenvalue weighted by molar-refractivity contribution is 8.00. The summed E-state index contributed by atoms with van der Waals surface area (Å²) >= 11 is 1.26. The van der Waals surface area contributed by atoms with Crippen LogP contribution in [0.15, 0.2) is 23.4 Å². The van der Waals surface area contributed by atoms with Crippen molar-refractivity contribution in [1.82, 2.24) is 4.98 Å². The van der Waals surface area contributed by atoms with Crippen LogP contribution in [0, 0.1) is 0 Å². The van der Waals surface area contributed by atoms with Crippen molar-refractivity contribution in [3.63, 3.8) is 0 Å². The molecule has 1 aromatic heterocycles. The van der Waals surface area contributed by atoms with Gasteiger partial charge in [0.15, 0.2) is 0 Å². The SMILES string of the molecule is CCCC(Sc1ccc(N)cn1)C(=O)O. The molecule has 0 aliphatic carbocycles. The van der Waals surface area contributed by atoms with Gasteiger partial charge in [0.25, 0.3) is 0 Å². The summed E-state index contributed by atoms with van der Waals surface area (Å²) in [6, 6.07) is 3.46. The molecule has 1 rings (SSSR count). The zero-order chi connectivity index (χ0) is 11.3. The molecule has 15 heavy (non-hydrogen) atoms. The molecular formula is C10H14N2O2S. The Morgan fingerprint density at radius 3 is 2.87 bits per heavy atom. The minimum absolute atomic E-state index is 0.425. The number of thioether (sulfide) groups is 1. The van der Waals surface area contributed by atoms with Gasteiger partial charge in [-0.05, 0) is 18.6 Å². The molecule has 3 N–H and O–H groups in total. The van der Waals surface area contributed by atoms with Crippen molar-refractivity contribution in [2.45, 2.75) is 30.0 Å². The molecule has 1 aromatic rings. The summed E-state index contributed by atoms with van der Waals surface area (Å²) in [6.45, 7) is 1.97. The predicted octanol–water partition coefficient (Wildman–Crippen LogP) is 2.01. The highest BCUT2D eigenvalue weighted by Crippen LogP contribution is 2.25. The molecule has 0 aliphatic heterocycles. The minimum Gasteiger partial charge on any atom is -0.480 e. The molecule has 82 valence electrons. The standard InChI is InChI=1S/C10H14N2O2S/c1-2-3-8(10(13)14)15-9-5-4-7(11)6-12-9/h4-6,8H,2-3,11H2,1H3,(H,13,14). The van der Waals surface area contributed by atoms with Gasteiger partial charge in [0, 0.05) is 0 Å². The maximum atomic E-state index is 10.9. The Morgan fingerprint density at radius 2 is 2.40 bits per heavy atom. The summed E-state index contributed by atoms with van der Waals surface area (Å²) in [5, 5.41) is 9.22. The number of carbonyl (C=O) groups is 1. The van der Waals surface area contributed by atoms with Gasteiger partial charge in [-0.3, -0.25) is 4.79 Å². The largest absolute Gasteiger partial charge is 0.480 e. The van der Waals surface area contributed by atoms with Crippen molar-refractivity contribution in [2.75, 3.05) is 5.73 Å². The number of carboxylic acids is 1. The normalized spacial score (nSPS) is 12.3. The molecule has 0 amide bonds. The highest BCUT2D eigenvalue weighted by Gasteiger charge is 2.18. The molecule has 5 heteroatoms. The van der Waals surface area contributed by atoms with E-state index in [9.17, 15) is 4.79 Å². The van der Waals surface area contributed by atoms with Crippen molar-refractivity contribution in [2.24, 2.45) is 0 Å². The number of rotatable bonds is 5. The van der Waals surface area contributed by atoms with Gasteiger partial charge in [0.05, 0.1) is 16.9 Å². The average Bonchev–Trinajstić information content (AvgIpc) is 2.20. The number of nitrogens with zero attached hydrogens (tertiary/aromatic N) is 1.